The maximum atomic E-state index is 12.6. The normalized spacial score (nSPS) is 20.3. The number of carboxylic acid groups (broad SMARTS) is 1. The molecule has 33 heavy (non-hydrogen) atoms. The van der Waals surface area contributed by atoms with Crippen LogP contribution in [0, 0.1) is 5.92 Å². The van der Waals surface area contributed by atoms with Crippen LogP contribution >= 0.6 is 0 Å². The van der Waals surface area contributed by atoms with Crippen molar-refractivity contribution in [1.29, 1.82) is 0 Å². The maximum absolute atomic E-state index is 12.6. The number of fused-ring (bicyclic) bond motifs is 3. The van der Waals surface area contributed by atoms with Gasteiger partial charge in [-0.05, 0) is 47.9 Å². The lowest BCUT2D eigenvalue weighted by Gasteiger charge is -2.29. The maximum Gasteiger partial charge on any atom is 0.407 e. The highest BCUT2D eigenvalue weighted by Gasteiger charge is 2.32. The average Bonchev–Trinajstić information content (AvgIpc) is 3.14. The van der Waals surface area contributed by atoms with Crippen molar-refractivity contribution in [1.82, 2.24) is 10.6 Å². The molecule has 7 nitrogen and oxygen atoms in total. The molecule has 0 radical (unpaired) electrons. The van der Waals surface area contributed by atoms with Crippen molar-refractivity contribution in [3.8, 4) is 11.1 Å². The summed E-state index contributed by atoms with van der Waals surface area (Å²) < 4.78 is 5.62. The minimum absolute atomic E-state index is 0.00460. The van der Waals surface area contributed by atoms with Crippen LogP contribution in [0.2, 0.25) is 0 Å². The summed E-state index contributed by atoms with van der Waals surface area (Å²) in [6, 6.07) is 15.3. The smallest absolute Gasteiger partial charge is 0.407 e. The third-order valence-electron chi connectivity index (χ3n) is 6.73. The highest BCUT2D eigenvalue weighted by atomic mass is 16.5. The van der Waals surface area contributed by atoms with Crippen LogP contribution in [0.4, 0.5) is 4.79 Å². The summed E-state index contributed by atoms with van der Waals surface area (Å²) in [4.78, 5) is 36.3. The summed E-state index contributed by atoms with van der Waals surface area (Å²) in [5.74, 6) is -1.61. The van der Waals surface area contributed by atoms with Gasteiger partial charge in [0.1, 0.15) is 12.6 Å². The van der Waals surface area contributed by atoms with Gasteiger partial charge in [-0.15, -0.1) is 0 Å². The van der Waals surface area contributed by atoms with E-state index in [4.69, 9.17) is 4.74 Å². The number of hydrogen-bond donors (Lipinski definition) is 3. The number of hydrogen-bond acceptors (Lipinski definition) is 4. The quantitative estimate of drug-likeness (QED) is 0.590. The number of aliphatic carboxylic acids is 1. The molecule has 3 N–H and O–H groups in total. The van der Waals surface area contributed by atoms with Crippen molar-refractivity contribution in [3.05, 3.63) is 59.7 Å². The first-order valence-electron chi connectivity index (χ1n) is 11.6. The third-order valence-corrected chi connectivity index (χ3v) is 6.73. The molecular weight excluding hydrogens is 420 g/mol. The van der Waals surface area contributed by atoms with Crippen molar-refractivity contribution in [2.75, 3.05) is 6.61 Å². The van der Waals surface area contributed by atoms with Crippen molar-refractivity contribution >= 4 is 18.0 Å². The highest BCUT2D eigenvalue weighted by Crippen LogP contribution is 2.44. The Morgan fingerprint density at radius 2 is 1.67 bits per heavy atom. The zero-order chi connectivity index (χ0) is 23.4. The van der Waals surface area contributed by atoms with Gasteiger partial charge in [0.2, 0.25) is 5.91 Å². The van der Waals surface area contributed by atoms with Crippen LogP contribution in [0.15, 0.2) is 48.5 Å². The van der Waals surface area contributed by atoms with Crippen LogP contribution in [-0.4, -0.2) is 41.8 Å². The number of carbonyl (C=O) groups is 3. The Kier molecular flexibility index (Phi) is 6.96. The molecule has 2 amide bonds. The first-order valence-corrected chi connectivity index (χ1v) is 11.6. The predicted octanol–water partition coefficient (Wildman–Crippen LogP) is 4.06. The molecule has 1 saturated carbocycles. The van der Waals surface area contributed by atoms with Gasteiger partial charge in [0.05, 0.1) is 0 Å². The van der Waals surface area contributed by atoms with E-state index < -0.39 is 18.1 Å². The van der Waals surface area contributed by atoms with E-state index in [-0.39, 0.29) is 30.4 Å². The van der Waals surface area contributed by atoms with Gasteiger partial charge >= 0.3 is 12.1 Å². The summed E-state index contributed by atoms with van der Waals surface area (Å²) in [6.07, 6.45) is 2.56. The number of nitrogens with one attached hydrogen (secondary N) is 2. The van der Waals surface area contributed by atoms with Gasteiger partial charge in [0, 0.05) is 17.9 Å². The van der Waals surface area contributed by atoms with Gasteiger partial charge < -0.3 is 20.5 Å². The zero-order valence-electron chi connectivity index (χ0n) is 18.8. The van der Waals surface area contributed by atoms with Gasteiger partial charge in [-0.1, -0.05) is 61.9 Å². The molecular formula is C26H30N2O5. The Morgan fingerprint density at radius 3 is 2.27 bits per heavy atom. The molecule has 2 aliphatic rings. The van der Waals surface area contributed by atoms with Crippen LogP contribution in [0.25, 0.3) is 11.1 Å². The largest absolute Gasteiger partial charge is 0.480 e. The lowest BCUT2D eigenvalue weighted by molar-refractivity contribution is -0.142. The van der Waals surface area contributed by atoms with Crippen molar-refractivity contribution in [3.63, 3.8) is 0 Å². The fraction of sp³-hybridized carbons (Fsp3) is 0.423. The first kappa shape index (κ1) is 22.8. The Labute approximate surface area is 193 Å². The Balaban J connectivity index is 1.32. The van der Waals surface area contributed by atoms with Crippen LogP contribution in [-0.2, 0) is 14.3 Å². The molecule has 2 aromatic carbocycles. The first-order chi connectivity index (χ1) is 16.0. The molecule has 3 atom stereocenters. The molecule has 1 fully saturated rings. The average molecular weight is 451 g/mol. The molecule has 0 spiro atoms. The van der Waals surface area contributed by atoms with E-state index >= 15 is 0 Å². The lowest BCUT2D eigenvalue weighted by Crippen LogP contribution is -2.47. The Hall–Kier alpha value is -3.35. The summed E-state index contributed by atoms with van der Waals surface area (Å²) in [5, 5.41) is 14.7. The minimum atomic E-state index is -1.03. The summed E-state index contributed by atoms with van der Waals surface area (Å²) in [5.41, 5.74) is 4.67. The van der Waals surface area contributed by atoms with Crippen LogP contribution in [0.5, 0.6) is 0 Å². The van der Waals surface area contributed by atoms with E-state index in [0.717, 1.165) is 24.0 Å². The Morgan fingerprint density at radius 1 is 1.03 bits per heavy atom. The molecule has 4 rings (SSSR count). The molecule has 0 aromatic heterocycles. The molecule has 1 unspecified atom stereocenters. The van der Waals surface area contributed by atoms with E-state index in [1.807, 2.05) is 24.3 Å². The van der Waals surface area contributed by atoms with Gasteiger partial charge in [0.25, 0.3) is 0 Å². The SMILES string of the molecule is CCC(NC(=O)[C@@H]1CCC[C@H](NC(=O)OCC2c3ccccc3-c3ccccc32)C1)C(=O)O. The number of alkyl carbamates (subject to hydrolysis) is 1. The predicted molar refractivity (Wildman–Crippen MR) is 124 cm³/mol. The van der Waals surface area contributed by atoms with Crippen molar-refractivity contribution in [2.45, 2.75) is 57.0 Å². The van der Waals surface area contributed by atoms with E-state index in [0.29, 0.717) is 19.3 Å². The van der Waals surface area contributed by atoms with Gasteiger partial charge in [-0.25, -0.2) is 9.59 Å². The van der Waals surface area contributed by atoms with Gasteiger partial charge in [0.15, 0.2) is 0 Å². The number of benzene rings is 2. The summed E-state index contributed by atoms with van der Waals surface area (Å²) in [6.45, 7) is 1.97. The van der Waals surface area contributed by atoms with E-state index in [1.54, 1.807) is 6.92 Å². The molecule has 0 aliphatic heterocycles. The topological polar surface area (TPSA) is 105 Å². The third kappa shape index (κ3) is 5.02. The lowest BCUT2D eigenvalue weighted by atomic mass is 9.85. The standard InChI is InChI=1S/C26H30N2O5/c1-2-23(25(30)31)28-24(29)16-8-7-9-17(14-16)27-26(32)33-15-22-20-12-5-3-10-18(20)19-11-4-6-13-21(19)22/h3-6,10-13,16-17,22-23H,2,7-9,14-15H2,1H3,(H,27,32)(H,28,29)(H,30,31)/t16-,17+,23?/m1/s1. The molecule has 0 saturated heterocycles. The monoisotopic (exact) mass is 450 g/mol. The van der Waals surface area contributed by atoms with Crippen LogP contribution in [0.3, 0.4) is 0 Å². The zero-order valence-corrected chi connectivity index (χ0v) is 18.8. The van der Waals surface area contributed by atoms with Crippen molar-refractivity contribution < 1.29 is 24.2 Å². The number of carboxylic acids is 1. The fourth-order valence-corrected chi connectivity index (χ4v) is 4.99. The summed E-state index contributed by atoms with van der Waals surface area (Å²) in [7, 11) is 0. The molecule has 7 heteroatoms. The number of carbonyl (C=O) groups excluding carboxylic acids is 2. The van der Waals surface area contributed by atoms with Crippen molar-refractivity contribution in [2.24, 2.45) is 5.92 Å². The minimum Gasteiger partial charge on any atom is -0.480 e. The van der Waals surface area contributed by atoms with Gasteiger partial charge in [-0.3, -0.25) is 4.79 Å². The van der Waals surface area contributed by atoms with E-state index in [1.165, 1.54) is 11.1 Å². The van der Waals surface area contributed by atoms with Crippen LogP contribution < -0.4 is 10.6 Å². The summed E-state index contributed by atoms with van der Waals surface area (Å²) >= 11 is 0. The molecule has 0 heterocycles. The van der Waals surface area contributed by atoms with E-state index in [2.05, 4.69) is 34.9 Å². The number of ether oxygens (including phenoxy) is 1. The van der Waals surface area contributed by atoms with Gasteiger partial charge in [-0.2, -0.15) is 0 Å². The molecule has 2 aromatic rings. The second-order valence-electron chi connectivity index (χ2n) is 8.84. The number of rotatable bonds is 7. The molecule has 2 aliphatic carbocycles. The second-order valence-corrected chi connectivity index (χ2v) is 8.84. The second kappa shape index (κ2) is 10.1. The van der Waals surface area contributed by atoms with E-state index in [9.17, 15) is 19.5 Å². The molecule has 0 bridgehead atoms. The Bertz CT molecular complexity index is 991. The fourth-order valence-electron chi connectivity index (χ4n) is 4.99. The molecule has 174 valence electrons. The number of amides is 2. The highest BCUT2D eigenvalue weighted by molar-refractivity contribution is 5.85. The van der Waals surface area contributed by atoms with Crippen LogP contribution in [0.1, 0.15) is 56.1 Å².